The van der Waals surface area contributed by atoms with Crippen LogP contribution in [0, 0.1) is 5.41 Å². The zero-order chi connectivity index (χ0) is 12.0. The van der Waals surface area contributed by atoms with E-state index < -0.39 is 0 Å². The highest BCUT2D eigenvalue weighted by atomic mass is 32.1. The Balaban J connectivity index is 2.48. The van der Waals surface area contributed by atoms with Crippen molar-refractivity contribution in [2.45, 2.75) is 33.2 Å². The minimum absolute atomic E-state index is 0.194. The van der Waals surface area contributed by atoms with Gasteiger partial charge in [-0.3, -0.25) is 0 Å². The van der Waals surface area contributed by atoms with Crippen LogP contribution >= 0.6 is 11.3 Å². The maximum absolute atomic E-state index is 11.1. The molecule has 0 aromatic carbocycles. The Bertz CT molecular complexity index is 310. The molecule has 0 saturated heterocycles. The van der Waals surface area contributed by atoms with Gasteiger partial charge in [-0.15, -0.1) is 11.3 Å². The molecule has 0 aliphatic heterocycles. The van der Waals surface area contributed by atoms with E-state index in [0.717, 1.165) is 32.2 Å². The number of carbonyl (C=O) groups is 1. The van der Waals surface area contributed by atoms with E-state index >= 15 is 0 Å². The number of hydrogen-bond donors (Lipinski definition) is 0. The lowest BCUT2D eigenvalue weighted by atomic mass is 9.87. The summed E-state index contributed by atoms with van der Waals surface area (Å²) < 4.78 is 0. The summed E-state index contributed by atoms with van der Waals surface area (Å²) in [5.74, 6) is 0. The van der Waals surface area contributed by atoms with Crippen LogP contribution in [0.3, 0.4) is 0 Å². The largest absolute Gasteiger partial charge is 0.303 e. The van der Waals surface area contributed by atoms with Crippen molar-refractivity contribution in [3.05, 3.63) is 22.4 Å². The van der Waals surface area contributed by atoms with Gasteiger partial charge in [0, 0.05) is 23.4 Å². The molecule has 0 radical (unpaired) electrons. The molecule has 16 heavy (non-hydrogen) atoms. The molecule has 0 bridgehead atoms. The first kappa shape index (κ1) is 13.4. The van der Waals surface area contributed by atoms with Gasteiger partial charge in [-0.1, -0.05) is 26.3 Å². The van der Waals surface area contributed by atoms with Crippen molar-refractivity contribution in [1.82, 2.24) is 4.90 Å². The summed E-state index contributed by atoms with van der Waals surface area (Å²) in [5.41, 5.74) is -0.194. The lowest BCUT2D eigenvalue weighted by Gasteiger charge is -2.28. The molecule has 2 nitrogen and oxygen atoms in total. The van der Waals surface area contributed by atoms with Crippen molar-refractivity contribution >= 4 is 17.6 Å². The van der Waals surface area contributed by atoms with Crippen molar-refractivity contribution in [1.29, 1.82) is 0 Å². The van der Waals surface area contributed by atoms with E-state index in [4.69, 9.17) is 0 Å². The van der Waals surface area contributed by atoms with E-state index in [0.29, 0.717) is 0 Å². The number of thiophene rings is 1. The third-order valence-electron chi connectivity index (χ3n) is 2.74. The Labute approximate surface area is 102 Å². The molecule has 1 aromatic rings. The fraction of sp³-hybridized carbons (Fsp3) is 0.615. The number of nitrogens with zero attached hydrogens (tertiary/aromatic N) is 1. The highest BCUT2D eigenvalue weighted by molar-refractivity contribution is 7.09. The van der Waals surface area contributed by atoms with E-state index in [1.807, 2.05) is 0 Å². The van der Waals surface area contributed by atoms with E-state index in [-0.39, 0.29) is 5.41 Å². The van der Waals surface area contributed by atoms with Crippen molar-refractivity contribution in [2.75, 3.05) is 13.6 Å². The van der Waals surface area contributed by atoms with E-state index in [9.17, 15) is 4.79 Å². The highest BCUT2D eigenvalue weighted by Gasteiger charge is 2.24. The Kier molecular flexibility index (Phi) is 5.16. The molecule has 0 aliphatic carbocycles. The minimum Gasteiger partial charge on any atom is -0.303 e. The number of hydrogen-bond acceptors (Lipinski definition) is 3. The Morgan fingerprint density at radius 3 is 2.81 bits per heavy atom. The zero-order valence-electron chi connectivity index (χ0n) is 10.4. The molecule has 0 spiro atoms. The minimum atomic E-state index is -0.194. The smallest absolute Gasteiger partial charge is 0.127 e. The van der Waals surface area contributed by atoms with Crippen LogP contribution in [0.25, 0.3) is 0 Å². The molecule has 0 saturated carbocycles. The van der Waals surface area contributed by atoms with Gasteiger partial charge in [0.15, 0.2) is 0 Å². The maximum atomic E-state index is 11.1. The van der Waals surface area contributed by atoms with Crippen LogP contribution in [0.5, 0.6) is 0 Å². The third kappa shape index (κ3) is 4.06. The van der Waals surface area contributed by atoms with E-state index in [1.54, 1.807) is 11.3 Å². The SMILES string of the molecule is CCCC(C)(C=O)CN(C)Cc1cccs1. The first-order chi connectivity index (χ1) is 7.59. The molecular formula is C13H21NOS. The summed E-state index contributed by atoms with van der Waals surface area (Å²) in [5, 5.41) is 2.09. The lowest BCUT2D eigenvalue weighted by molar-refractivity contribution is -0.116. The van der Waals surface area contributed by atoms with Gasteiger partial charge in [0.05, 0.1) is 0 Å². The van der Waals surface area contributed by atoms with Gasteiger partial charge in [0.25, 0.3) is 0 Å². The van der Waals surface area contributed by atoms with Crippen LogP contribution in [0.2, 0.25) is 0 Å². The van der Waals surface area contributed by atoms with Crippen LogP contribution in [0.4, 0.5) is 0 Å². The molecule has 1 aromatic heterocycles. The van der Waals surface area contributed by atoms with Crippen LogP contribution in [0.15, 0.2) is 17.5 Å². The Morgan fingerprint density at radius 2 is 2.31 bits per heavy atom. The second-order valence-electron chi connectivity index (χ2n) is 4.77. The molecule has 0 N–H and O–H groups in total. The second kappa shape index (κ2) is 6.16. The summed E-state index contributed by atoms with van der Waals surface area (Å²) in [7, 11) is 2.08. The van der Waals surface area contributed by atoms with Gasteiger partial charge < -0.3 is 9.69 Å². The van der Waals surface area contributed by atoms with Gasteiger partial charge in [0.2, 0.25) is 0 Å². The fourth-order valence-electron chi connectivity index (χ4n) is 2.09. The van der Waals surface area contributed by atoms with Crippen LogP contribution < -0.4 is 0 Å². The summed E-state index contributed by atoms with van der Waals surface area (Å²) >= 11 is 1.77. The maximum Gasteiger partial charge on any atom is 0.127 e. The highest BCUT2D eigenvalue weighted by Crippen LogP contribution is 2.22. The molecule has 3 heteroatoms. The van der Waals surface area contributed by atoms with Crippen LogP contribution in [-0.2, 0) is 11.3 Å². The van der Waals surface area contributed by atoms with Crippen molar-refractivity contribution in [3.8, 4) is 0 Å². The average molecular weight is 239 g/mol. The predicted octanol–water partition coefficient (Wildman–Crippen LogP) is 3.19. The van der Waals surface area contributed by atoms with Gasteiger partial charge in [-0.05, 0) is 24.9 Å². The lowest BCUT2D eigenvalue weighted by Crippen LogP contribution is -2.34. The van der Waals surface area contributed by atoms with Crippen molar-refractivity contribution in [3.63, 3.8) is 0 Å². The second-order valence-corrected chi connectivity index (χ2v) is 5.81. The monoisotopic (exact) mass is 239 g/mol. The van der Waals surface area contributed by atoms with E-state index in [2.05, 4.69) is 43.3 Å². The number of aldehydes is 1. The predicted molar refractivity (Wildman–Crippen MR) is 69.7 cm³/mol. The van der Waals surface area contributed by atoms with Crippen molar-refractivity contribution < 1.29 is 4.79 Å². The van der Waals surface area contributed by atoms with Crippen LogP contribution in [-0.4, -0.2) is 24.8 Å². The molecule has 0 fully saturated rings. The van der Waals surface area contributed by atoms with Gasteiger partial charge >= 0.3 is 0 Å². The molecule has 1 rings (SSSR count). The van der Waals surface area contributed by atoms with Crippen LogP contribution in [0.1, 0.15) is 31.6 Å². The third-order valence-corrected chi connectivity index (χ3v) is 3.60. The quantitative estimate of drug-likeness (QED) is 0.681. The zero-order valence-corrected chi connectivity index (χ0v) is 11.2. The molecule has 0 aliphatic rings. The fourth-order valence-corrected chi connectivity index (χ4v) is 2.87. The van der Waals surface area contributed by atoms with Gasteiger partial charge in [0.1, 0.15) is 6.29 Å². The summed E-state index contributed by atoms with van der Waals surface area (Å²) in [6, 6.07) is 4.21. The van der Waals surface area contributed by atoms with Gasteiger partial charge in [-0.25, -0.2) is 0 Å². The summed E-state index contributed by atoms with van der Waals surface area (Å²) in [6.45, 7) is 5.95. The van der Waals surface area contributed by atoms with Gasteiger partial charge in [-0.2, -0.15) is 0 Å². The molecule has 90 valence electrons. The summed E-state index contributed by atoms with van der Waals surface area (Å²) in [6.07, 6.45) is 3.13. The van der Waals surface area contributed by atoms with E-state index in [1.165, 1.54) is 4.88 Å². The average Bonchev–Trinajstić information content (AvgIpc) is 2.70. The summed E-state index contributed by atoms with van der Waals surface area (Å²) in [4.78, 5) is 14.7. The number of carbonyl (C=O) groups excluding carboxylic acids is 1. The topological polar surface area (TPSA) is 20.3 Å². The Morgan fingerprint density at radius 1 is 1.56 bits per heavy atom. The normalized spacial score (nSPS) is 15.0. The number of rotatable bonds is 7. The molecule has 1 atom stereocenters. The first-order valence-corrected chi connectivity index (χ1v) is 6.65. The first-order valence-electron chi connectivity index (χ1n) is 5.77. The van der Waals surface area contributed by atoms with Crippen molar-refractivity contribution in [2.24, 2.45) is 5.41 Å². The molecule has 1 unspecified atom stereocenters. The molecular weight excluding hydrogens is 218 g/mol. The molecule has 0 amide bonds. The Hall–Kier alpha value is -0.670. The molecule has 1 heterocycles. The standard InChI is InChI=1S/C13H21NOS/c1-4-7-13(2,11-15)10-14(3)9-12-6-5-8-16-12/h5-6,8,11H,4,7,9-10H2,1-3H3.